The van der Waals surface area contributed by atoms with Crippen LogP contribution in [-0.4, -0.2) is 70.0 Å². The molecular formula is C25H33N3O4S. The van der Waals surface area contributed by atoms with Crippen molar-refractivity contribution in [3.05, 3.63) is 59.7 Å². The lowest BCUT2D eigenvalue weighted by atomic mass is 10.1. The van der Waals surface area contributed by atoms with Crippen molar-refractivity contribution in [1.29, 1.82) is 0 Å². The first-order valence-corrected chi connectivity index (χ1v) is 13.1. The smallest absolute Gasteiger partial charge is 0.243 e. The molecule has 0 atom stereocenters. The van der Waals surface area contributed by atoms with Gasteiger partial charge in [0.25, 0.3) is 0 Å². The number of morpholine rings is 1. The molecular weight excluding hydrogens is 438 g/mol. The van der Waals surface area contributed by atoms with E-state index in [0.717, 1.165) is 56.0 Å². The quantitative estimate of drug-likeness (QED) is 0.592. The fraction of sp³-hybridized carbons (Fsp3) is 0.480. The van der Waals surface area contributed by atoms with Crippen molar-refractivity contribution >= 4 is 21.6 Å². The summed E-state index contributed by atoms with van der Waals surface area (Å²) >= 11 is 0. The molecule has 2 aliphatic heterocycles. The monoisotopic (exact) mass is 471 g/mol. The number of carbonyl (C=O) groups excluding carboxylic acids is 1. The van der Waals surface area contributed by atoms with Gasteiger partial charge in [-0.1, -0.05) is 30.3 Å². The molecule has 7 nitrogen and oxygen atoms in total. The predicted octanol–water partition coefficient (Wildman–Crippen LogP) is 2.90. The Morgan fingerprint density at radius 1 is 0.970 bits per heavy atom. The molecule has 178 valence electrons. The van der Waals surface area contributed by atoms with Crippen molar-refractivity contribution in [2.75, 3.05) is 51.3 Å². The lowest BCUT2D eigenvalue weighted by molar-refractivity contribution is -0.130. The summed E-state index contributed by atoms with van der Waals surface area (Å²) in [4.78, 5) is 17.2. The van der Waals surface area contributed by atoms with Crippen LogP contribution in [0.3, 0.4) is 0 Å². The molecule has 2 aromatic rings. The molecule has 1 amide bonds. The van der Waals surface area contributed by atoms with Crippen LogP contribution in [0.25, 0.3) is 0 Å². The summed E-state index contributed by atoms with van der Waals surface area (Å²) in [5.41, 5.74) is 3.26. The second kappa shape index (κ2) is 10.7. The maximum absolute atomic E-state index is 12.8. The number of ether oxygens (including phenoxy) is 1. The van der Waals surface area contributed by atoms with Crippen molar-refractivity contribution in [3.63, 3.8) is 0 Å². The highest BCUT2D eigenvalue weighted by Crippen LogP contribution is 2.24. The Morgan fingerprint density at radius 3 is 2.33 bits per heavy atom. The van der Waals surface area contributed by atoms with Gasteiger partial charge in [0.15, 0.2) is 0 Å². The van der Waals surface area contributed by atoms with E-state index in [9.17, 15) is 13.2 Å². The fourth-order valence-corrected chi connectivity index (χ4v) is 5.97. The van der Waals surface area contributed by atoms with E-state index >= 15 is 0 Å². The van der Waals surface area contributed by atoms with E-state index < -0.39 is 10.0 Å². The Balaban J connectivity index is 1.33. The first-order valence-electron chi connectivity index (χ1n) is 11.7. The predicted molar refractivity (Wildman–Crippen MR) is 129 cm³/mol. The number of para-hydroxylation sites is 1. The number of amides is 1. The summed E-state index contributed by atoms with van der Waals surface area (Å²) in [6.45, 7) is 4.91. The third-order valence-corrected chi connectivity index (χ3v) is 8.34. The van der Waals surface area contributed by atoms with Crippen molar-refractivity contribution < 1.29 is 17.9 Å². The Bertz CT molecular complexity index is 1040. The number of aryl methyl sites for hydroxylation is 1. The van der Waals surface area contributed by atoms with Crippen molar-refractivity contribution in [1.82, 2.24) is 9.21 Å². The number of nitrogens with zero attached hydrogens (tertiary/aromatic N) is 3. The average molecular weight is 472 g/mol. The summed E-state index contributed by atoms with van der Waals surface area (Å²) in [5, 5.41) is 0. The van der Waals surface area contributed by atoms with E-state index in [1.54, 1.807) is 21.3 Å². The number of sulfonamides is 1. The highest BCUT2D eigenvalue weighted by molar-refractivity contribution is 7.89. The van der Waals surface area contributed by atoms with Crippen LogP contribution in [-0.2, 0) is 32.5 Å². The summed E-state index contributed by atoms with van der Waals surface area (Å²) < 4.78 is 32.4. The maximum Gasteiger partial charge on any atom is 0.243 e. The molecule has 2 aliphatic rings. The molecule has 2 fully saturated rings. The maximum atomic E-state index is 12.8. The van der Waals surface area contributed by atoms with Crippen LogP contribution in [0, 0.1) is 0 Å². The van der Waals surface area contributed by atoms with Gasteiger partial charge in [-0.3, -0.25) is 4.79 Å². The largest absolute Gasteiger partial charge is 0.378 e. The summed E-state index contributed by atoms with van der Waals surface area (Å²) in [7, 11) is -1.56. The highest BCUT2D eigenvalue weighted by Gasteiger charge is 2.27. The molecule has 0 radical (unpaired) electrons. The average Bonchev–Trinajstić information content (AvgIpc) is 3.40. The normalized spacial score (nSPS) is 17.3. The van der Waals surface area contributed by atoms with E-state index in [1.807, 2.05) is 31.3 Å². The van der Waals surface area contributed by atoms with Gasteiger partial charge in [-0.15, -0.1) is 0 Å². The van der Waals surface area contributed by atoms with Crippen LogP contribution in [0.5, 0.6) is 0 Å². The molecule has 4 rings (SSSR count). The van der Waals surface area contributed by atoms with E-state index in [0.29, 0.717) is 37.4 Å². The summed E-state index contributed by atoms with van der Waals surface area (Å²) in [6.07, 6.45) is 2.81. The zero-order chi connectivity index (χ0) is 23.3. The minimum Gasteiger partial charge on any atom is -0.378 e. The van der Waals surface area contributed by atoms with Gasteiger partial charge in [-0.25, -0.2) is 8.42 Å². The molecule has 0 spiro atoms. The van der Waals surface area contributed by atoms with Gasteiger partial charge in [0, 0.05) is 51.9 Å². The molecule has 0 N–H and O–H groups in total. The van der Waals surface area contributed by atoms with Gasteiger partial charge < -0.3 is 14.5 Å². The van der Waals surface area contributed by atoms with E-state index in [2.05, 4.69) is 17.0 Å². The van der Waals surface area contributed by atoms with Gasteiger partial charge in [0.05, 0.1) is 18.1 Å². The van der Waals surface area contributed by atoms with Crippen molar-refractivity contribution in [2.45, 2.75) is 37.1 Å². The number of carbonyl (C=O) groups is 1. The van der Waals surface area contributed by atoms with E-state index in [4.69, 9.17) is 4.74 Å². The first kappa shape index (κ1) is 23.7. The summed E-state index contributed by atoms with van der Waals surface area (Å²) in [6, 6.07) is 15.2. The van der Waals surface area contributed by atoms with Crippen LogP contribution in [0.15, 0.2) is 53.4 Å². The molecule has 0 unspecified atom stereocenters. The molecule has 2 aromatic carbocycles. The van der Waals surface area contributed by atoms with Crippen LogP contribution in [0.1, 0.15) is 30.4 Å². The lowest BCUT2D eigenvalue weighted by Crippen LogP contribution is -2.37. The minimum atomic E-state index is -3.40. The zero-order valence-corrected chi connectivity index (χ0v) is 20.1. The van der Waals surface area contributed by atoms with Crippen LogP contribution in [0.2, 0.25) is 0 Å². The Hall–Kier alpha value is -2.42. The number of anilines is 1. The third kappa shape index (κ3) is 5.75. The van der Waals surface area contributed by atoms with Gasteiger partial charge in [-0.05, 0) is 48.6 Å². The second-order valence-electron chi connectivity index (χ2n) is 8.73. The van der Waals surface area contributed by atoms with E-state index in [-0.39, 0.29) is 5.91 Å². The molecule has 2 heterocycles. The summed E-state index contributed by atoms with van der Waals surface area (Å²) in [5.74, 6) is 0.0699. The SMILES string of the molecule is CN(Cc1ccccc1N1CCOCC1)C(=O)CCc1ccc(S(=O)(=O)N2CCCC2)cc1. The van der Waals surface area contributed by atoms with Gasteiger partial charge >= 0.3 is 0 Å². The Morgan fingerprint density at radius 2 is 1.64 bits per heavy atom. The molecule has 8 heteroatoms. The molecule has 0 aromatic heterocycles. The zero-order valence-electron chi connectivity index (χ0n) is 19.3. The minimum absolute atomic E-state index is 0.0699. The van der Waals surface area contributed by atoms with Crippen molar-refractivity contribution in [2.24, 2.45) is 0 Å². The van der Waals surface area contributed by atoms with Gasteiger partial charge in [0.2, 0.25) is 15.9 Å². The molecule has 2 saturated heterocycles. The molecule has 0 bridgehead atoms. The second-order valence-corrected chi connectivity index (χ2v) is 10.7. The Kier molecular flexibility index (Phi) is 7.67. The topological polar surface area (TPSA) is 70.2 Å². The van der Waals surface area contributed by atoms with E-state index in [1.165, 1.54) is 0 Å². The third-order valence-electron chi connectivity index (χ3n) is 6.43. The fourth-order valence-electron chi connectivity index (χ4n) is 4.45. The number of benzene rings is 2. The highest BCUT2D eigenvalue weighted by atomic mass is 32.2. The molecule has 33 heavy (non-hydrogen) atoms. The molecule has 0 aliphatic carbocycles. The number of rotatable bonds is 8. The Labute approximate surface area is 197 Å². The number of hydrogen-bond acceptors (Lipinski definition) is 5. The van der Waals surface area contributed by atoms with Crippen LogP contribution >= 0.6 is 0 Å². The standard InChI is InChI=1S/C25H33N3O4S/c1-26(20-22-6-2-3-7-24(22)27-16-18-32-19-17-27)25(29)13-10-21-8-11-23(12-9-21)33(30,31)28-14-4-5-15-28/h2-3,6-9,11-12H,4-5,10,13-20H2,1H3. The lowest BCUT2D eigenvalue weighted by Gasteiger charge is -2.31. The van der Waals surface area contributed by atoms with Crippen LogP contribution < -0.4 is 4.90 Å². The van der Waals surface area contributed by atoms with Crippen molar-refractivity contribution in [3.8, 4) is 0 Å². The van der Waals surface area contributed by atoms with Gasteiger partial charge in [0.1, 0.15) is 0 Å². The van der Waals surface area contributed by atoms with Crippen LogP contribution in [0.4, 0.5) is 5.69 Å². The number of hydrogen-bond donors (Lipinski definition) is 0. The first-order chi connectivity index (χ1) is 15.9. The van der Waals surface area contributed by atoms with Gasteiger partial charge in [-0.2, -0.15) is 4.31 Å². The molecule has 0 saturated carbocycles.